The van der Waals surface area contributed by atoms with Crippen molar-refractivity contribution in [3.8, 4) is 0 Å². The average Bonchev–Trinajstić information content (AvgIpc) is 2.75. The lowest BCUT2D eigenvalue weighted by atomic mass is 10.1. The molecule has 1 aromatic heterocycles. The molecule has 0 saturated heterocycles. The Morgan fingerprint density at radius 2 is 1.81 bits per heavy atom. The van der Waals surface area contributed by atoms with Crippen molar-refractivity contribution in [2.45, 2.75) is 6.54 Å². The molecule has 0 fully saturated rings. The Bertz CT molecular complexity index is 647. The van der Waals surface area contributed by atoms with Crippen LogP contribution >= 0.6 is 47.8 Å². The van der Waals surface area contributed by atoms with Crippen LogP contribution in [0.4, 0.5) is 0 Å². The van der Waals surface area contributed by atoms with E-state index in [9.17, 15) is 4.79 Å². The highest BCUT2D eigenvalue weighted by molar-refractivity contribution is 9.11. The molecule has 0 aliphatic carbocycles. The largest absolute Gasteiger partial charge is 0.308 e. The maximum absolute atomic E-state index is 12.8. The topological polar surface area (TPSA) is 38.1 Å². The van der Waals surface area contributed by atoms with Crippen molar-refractivity contribution in [1.82, 2.24) is 14.7 Å². The van der Waals surface area contributed by atoms with Crippen LogP contribution in [0.15, 0.2) is 37.8 Å². The molecule has 2 aromatic rings. The number of hydrogen-bond donors (Lipinski definition) is 0. The van der Waals surface area contributed by atoms with Crippen molar-refractivity contribution in [2.24, 2.45) is 0 Å². The molecule has 0 bridgehead atoms. The molecule has 0 saturated carbocycles. The van der Waals surface area contributed by atoms with Crippen LogP contribution in [-0.4, -0.2) is 41.1 Å². The molecule has 0 radical (unpaired) electrons. The molecule has 2 rings (SSSR count). The number of aromatic nitrogens is 2. The molecule has 0 aliphatic heterocycles. The van der Waals surface area contributed by atoms with E-state index in [1.165, 1.54) is 0 Å². The molecule has 1 aromatic carbocycles. The predicted molar refractivity (Wildman–Crippen MR) is 93.8 cm³/mol. The number of carbonyl (C=O) groups excluding carboxylic acids is 1. The Hall–Kier alpha value is -0.500. The third-order valence-electron chi connectivity index (χ3n) is 2.89. The first kappa shape index (κ1) is 16.9. The first-order valence-corrected chi connectivity index (χ1v) is 8.63. The first-order chi connectivity index (χ1) is 9.88. The first-order valence-electron chi connectivity index (χ1n) is 6.25. The number of benzene rings is 1. The Morgan fingerprint density at radius 1 is 1.19 bits per heavy atom. The second-order valence-corrected chi connectivity index (χ2v) is 7.54. The predicted octanol–water partition coefficient (Wildman–Crippen LogP) is 3.96. The fourth-order valence-corrected chi connectivity index (χ4v) is 3.64. The van der Waals surface area contributed by atoms with Gasteiger partial charge in [0.15, 0.2) is 0 Å². The van der Waals surface area contributed by atoms with Gasteiger partial charge in [0.25, 0.3) is 0 Å². The fraction of sp³-hybridized carbons (Fsp3) is 0.286. The third-order valence-corrected chi connectivity index (χ3v) is 4.39. The van der Waals surface area contributed by atoms with E-state index in [0.717, 1.165) is 15.5 Å². The molecule has 4 nitrogen and oxygen atoms in total. The molecule has 0 atom stereocenters. The van der Waals surface area contributed by atoms with Gasteiger partial charge in [0.2, 0.25) is 5.78 Å². The fourth-order valence-electron chi connectivity index (χ4n) is 1.87. The smallest absolute Gasteiger partial charge is 0.212 e. The number of hydrogen-bond acceptors (Lipinski definition) is 3. The maximum atomic E-state index is 12.8. The normalized spacial score (nSPS) is 11.1. The summed E-state index contributed by atoms with van der Waals surface area (Å²) in [7, 11) is 3.98. The molecular formula is C14H14Br3N3O. The van der Waals surface area contributed by atoms with Crippen molar-refractivity contribution in [1.29, 1.82) is 0 Å². The van der Waals surface area contributed by atoms with Gasteiger partial charge in [-0.2, -0.15) is 5.10 Å². The average molecular weight is 480 g/mol. The highest BCUT2D eigenvalue weighted by Crippen LogP contribution is 2.25. The van der Waals surface area contributed by atoms with Crippen LogP contribution in [0.1, 0.15) is 16.1 Å². The second kappa shape index (κ2) is 7.17. The van der Waals surface area contributed by atoms with Gasteiger partial charge in [-0.3, -0.25) is 9.48 Å². The Morgan fingerprint density at radius 3 is 2.38 bits per heavy atom. The van der Waals surface area contributed by atoms with Gasteiger partial charge in [-0.05, 0) is 48.2 Å². The van der Waals surface area contributed by atoms with Crippen LogP contribution < -0.4 is 0 Å². The summed E-state index contributed by atoms with van der Waals surface area (Å²) in [6.45, 7) is 1.48. The van der Waals surface area contributed by atoms with Gasteiger partial charge >= 0.3 is 0 Å². The summed E-state index contributed by atoms with van der Waals surface area (Å²) in [6, 6.07) is 5.51. The number of nitrogens with zero attached hydrogens (tertiary/aromatic N) is 3. The lowest BCUT2D eigenvalue weighted by Gasteiger charge is -2.12. The molecule has 7 heteroatoms. The molecule has 1 heterocycles. The lowest BCUT2D eigenvalue weighted by molar-refractivity contribution is 0.102. The minimum atomic E-state index is -0.0554. The highest BCUT2D eigenvalue weighted by atomic mass is 79.9. The maximum Gasteiger partial charge on any atom is 0.212 e. The quantitative estimate of drug-likeness (QED) is 0.609. The summed E-state index contributed by atoms with van der Waals surface area (Å²) in [5.74, 6) is -0.0554. The van der Waals surface area contributed by atoms with E-state index in [0.29, 0.717) is 22.3 Å². The zero-order chi connectivity index (χ0) is 15.6. The summed E-state index contributed by atoms with van der Waals surface area (Å²) in [5.41, 5.74) is 1.19. The van der Waals surface area contributed by atoms with Crippen molar-refractivity contribution < 1.29 is 4.79 Å². The van der Waals surface area contributed by atoms with E-state index in [-0.39, 0.29) is 5.78 Å². The van der Waals surface area contributed by atoms with Gasteiger partial charge in [0.1, 0.15) is 5.69 Å². The van der Waals surface area contributed by atoms with Gasteiger partial charge in [-0.25, -0.2) is 0 Å². The molecule has 0 aliphatic rings. The van der Waals surface area contributed by atoms with Gasteiger partial charge in [0.05, 0.1) is 17.2 Å². The monoisotopic (exact) mass is 477 g/mol. The summed E-state index contributed by atoms with van der Waals surface area (Å²) in [4.78, 5) is 14.8. The van der Waals surface area contributed by atoms with Gasteiger partial charge in [-0.1, -0.05) is 31.9 Å². The molecular weight excluding hydrogens is 466 g/mol. The summed E-state index contributed by atoms with van der Waals surface area (Å²) >= 11 is 10.2. The van der Waals surface area contributed by atoms with Crippen molar-refractivity contribution in [3.05, 3.63) is 49.1 Å². The number of carbonyl (C=O) groups is 1. The zero-order valence-electron chi connectivity index (χ0n) is 11.6. The van der Waals surface area contributed by atoms with E-state index < -0.39 is 0 Å². The van der Waals surface area contributed by atoms with E-state index in [1.54, 1.807) is 10.9 Å². The lowest BCUT2D eigenvalue weighted by Crippen LogP contribution is -2.21. The van der Waals surface area contributed by atoms with E-state index in [4.69, 9.17) is 0 Å². The van der Waals surface area contributed by atoms with Crippen LogP contribution in [-0.2, 0) is 6.54 Å². The molecule has 112 valence electrons. The van der Waals surface area contributed by atoms with Gasteiger partial charge in [0, 0.05) is 21.1 Å². The van der Waals surface area contributed by atoms with Crippen LogP contribution in [0, 0.1) is 0 Å². The van der Waals surface area contributed by atoms with E-state index in [1.807, 2.05) is 32.3 Å². The number of rotatable bonds is 5. The van der Waals surface area contributed by atoms with Gasteiger partial charge in [-0.15, -0.1) is 0 Å². The number of ketones is 1. The van der Waals surface area contributed by atoms with Crippen molar-refractivity contribution in [2.75, 3.05) is 20.6 Å². The van der Waals surface area contributed by atoms with Crippen LogP contribution in [0.3, 0.4) is 0 Å². The van der Waals surface area contributed by atoms with Crippen molar-refractivity contribution >= 4 is 53.6 Å². The highest BCUT2D eigenvalue weighted by Gasteiger charge is 2.19. The Kier molecular flexibility index (Phi) is 5.76. The minimum absolute atomic E-state index is 0.0554. The zero-order valence-corrected chi connectivity index (χ0v) is 16.4. The number of likely N-dealkylation sites (N-methyl/N-ethyl adjacent to an activating group) is 1. The standard InChI is InChI=1S/C14H14Br3N3O/c1-19(2)3-4-20-13(12(17)8-18-20)14(21)9-5-10(15)7-11(16)6-9/h5-8H,3-4H2,1-2H3. The van der Waals surface area contributed by atoms with Crippen LogP contribution in [0.25, 0.3) is 0 Å². The van der Waals surface area contributed by atoms with Crippen LogP contribution in [0.2, 0.25) is 0 Å². The summed E-state index contributed by atoms with van der Waals surface area (Å²) < 4.78 is 4.16. The molecule has 0 N–H and O–H groups in total. The van der Waals surface area contributed by atoms with E-state index in [2.05, 4.69) is 57.8 Å². The minimum Gasteiger partial charge on any atom is -0.308 e. The summed E-state index contributed by atoms with van der Waals surface area (Å²) in [6.07, 6.45) is 1.66. The number of halogens is 3. The molecule has 21 heavy (non-hydrogen) atoms. The summed E-state index contributed by atoms with van der Waals surface area (Å²) in [5, 5.41) is 4.28. The van der Waals surface area contributed by atoms with E-state index >= 15 is 0 Å². The second-order valence-electron chi connectivity index (χ2n) is 4.85. The van der Waals surface area contributed by atoms with Crippen LogP contribution in [0.5, 0.6) is 0 Å². The SMILES string of the molecule is CN(C)CCn1ncc(Br)c1C(=O)c1cc(Br)cc(Br)c1. The third kappa shape index (κ3) is 4.25. The van der Waals surface area contributed by atoms with Gasteiger partial charge < -0.3 is 4.90 Å². The Labute approximate surface area is 148 Å². The molecule has 0 amide bonds. The molecule has 0 unspecified atom stereocenters. The molecule has 0 spiro atoms. The van der Waals surface area contributed by atoms with Crippen molar-refractivity contribution in [3.63, 3.8) is 0 Å². The Balaban J connectivity index is 2.36.